The van der Waals surface area contributed by atoms with Crippen LogP contribution in [0.4, 0.5) is 0 Å². The van der Waals surface area contributed by atoms with Gasteiger partial charge in [-0.2, -0.15) is 0 Å². The predicted molar refractivity (Wildman–Crippen MR) is 129 cm³/mol. The van der Waals surface area contributed by atoms with E-state index in [1.807, 2.05) is 13.0 Å². The van der Waals surface area contributed by atoms with E-state index in [1.54, 1.807) is 38.2 Å². The molecular weight excluding hydrogens is 432 g/mol. The molecule has 182 valence electrons. The number of likely N-dealkylation sites (N-methyl/N-ethyl adjacent to an activating group) is 1. The smallest absolute Gasteiger partial charge is 0.237 e. The largest absolute Gasteiger partial charge is 0.447 e. The van der Waals surface area contributed by atoms with E-state index in [2.05, 4.69) is 15.6 Å². The Balaban J connectivity index is 1.81. The maximum absolute atomic E-state index is 13.5. The van der Waals surface area contributed by atoms with Gasteiger partial charge in [-0.1, -0.05) is 56.5 Å². The van der Waals surface area contributed by atoms with Crippen LogP contribution >= 0.6 is 0 Å². The fourth-order valence-corrected chi connectivity index (χ4v) is 4.41. The summed E-state index contributed by atoms with van der Waals surface area (Å²) in [5.41, 5.74) is 0.469. The third kappa shape index (κ3) is 5.86. The number of nitrogens with zero attached hydrogens (tertiary/aromatic N) is 1. The third-order valence-corrected chi connectivity index (χ3v) is 6.64. The predicted octanol–water partition coefficient (Wildman–Crippen LogP) is 3.66. The molecule has 0 unspecified atom stereocenters. The zero-order chi connectivity index (χ0) is 24.7. The Hall–Kier alpha value is -3.13. The molecule has 8 nitrogen and oxygen atoms in total. The number of Topliss-reactive ketones (excluding diaryl/α,β-unsaturated/α-hetero) is 1. The second kappa shape index (κ2) is 11.8. The van der Waals surface area contributed by atoms with Crippen LogP contribution in [0.5, 0.6) is 0 Å². The van der Waals surface area contributed by atoms with Crippen LogP contribution < -0.4 is 10.6 Å². The van der Waals surface area contributed by atoms with Gasteiger partial charge in [0.05, 0.1) is 23.7 Å². The van der Waals surface area contributed by atoms with Crippen LogP contribution in [-0.2, 0) is 9.59 Å². The summed E-state index contributed by atoms with van der Waals surface area (Å²) in [5, 5.41) is 14.5. The van der Waals surface area contributed by atoms with Crippen molar-refractivity contribution in [2.45, 2.75) is 70.4 Å². The summed E-state index contributed by atoms with van der Waals surface area (Å²) in [6.45, 7) is 3.57. The molecule has 1 aromatic heterocycles. The Morgan fingerprint density at radius 3 is 2.44 bits per heavy atom. The first kappa shape index (κ1) is 25.5. The van der Waals surface area contributed by atoms with Gasteiger partial charge in [0.25, 0.3) is 0 Å². The van der Waals surface area contributed by atoms with Crippen molar-refractivity contribution in [3.8, 4) is 0 Å². The monoisotopic (exact) mass is 466 g/mol. The normalized spacial score (nSPS) is 16.9. The lowest BCUT2D eigenvalue weighted by Gasteiger charge is -2.31. The van der Waals surface area contributed by atoms with Gasteiger partial charge < -0.3 is 20.5 Å². The number of hydrogen-bond acceptors (Lipinski definition) is 7. The van der Waals surface area contributed by atoms with Crippen molar-refractivity contribution in [1.82, 2.24) is 15.6 Å². The first-order valence-electron chi connectivity index (χ1n) is 12.0. The van der Waals surface area contributed by atoms with Gasteiger partial charge in [-0.05, 0) is 39.2 Å². The summed E-state index contributed by atoms with van der Waals surface area (Å²) in [6.07, 6.45) is 6.47. The average Bonchev–Trinajstić information content (AvgIpc) is 3.37. The van der Waals surface area contributed by atoms with Crippen LogP contribution in [0.3, 0.4) is 0 Å². The Kier molecular flexibility index (Phi) is 8.87. The molecule has 1 aromatic carbocycles. The Bertz CT molecular complexity index is 1010. The topological polar surface area (TPSA) is 125 Å². The molecule has 1 amide bonds. The van der Waals surface area contributed by atoms with Crippen LogP contribution in [0.15, 0.2) is 41.0 Å². The number of amides is 1. The third-order valence-electron chi connectivity index (χ3n) is 6.64. The highest BCUT2D eigenvalue weighted by Gasteiger charge is 2.37. The molecule has 1 heterocycles. The zero-order valence-corrected chi connectivity index (χ0v) is 20.1. The molecular formula is C26H34N4O4. The molecule has 0 radical (unpaired) electrons. The molecule has 8 heteroatoms. The first-order chi connectivity index (χ1) is 16.4. The lowest BCUT2D eigenvalue weighted by Crippen LogP contribution is -2.53. The molecule has 0 bridgehead atoms. The fraction of sp³-hybridized carbons (Fsp3) is 0.500. The van der Waals surface area contributed by atoms with Gasteiger partial charge in [0.2, 0.25) is 17.6 Å². The average molecular weight is 467 g/mol. The number of rotatable bonds is 11. The van der Waals surface area contributed by atoms with Crippen molar-refractivity contribution in [2.24, 2.45) is 5.92 Å². The van der Waals surface area contributed by atoms with E-state index in [9.17, 15) is 14.4 Å². The lowest BCUT2D eigenvalue weighted by molar-refractivity contribution is -0.127. The van der Waals surface area contributed by atoms with Crippen LogP contribution in [0.25, 0.3) is 0 Å². The Labute approximate surface area is 200 Å². The van der Waals surface area contributed by atoms with E-state index >= 15 is 0 Å². The molecule has 0 spiro atoms. The van der Waals surface area contributed by atoms with E-state index < -0.39 is 23.8 Å². The second-order valence-corrected chi connectivity index (χ2v) is 8.90. The van der Waals surface area contributed by atoms with Crippen molar-refractivity contribution in [2.75, 3.05) is 7.05 Å². The Morgan fingerprint density at radius 2 is 1.82 bits per heavy atom. The van der Waals surface area contributed by atoms with E-state index in [1.165, 1.54) is 6.26 Å². The van der Waals surface area contributed by atoms with Crippen LogP contribution in [-0.4, -0.2) is 47.3 Å². The molecule has 1 aliphatic carbocycles. The fourth-order valence-electron chi connectivity index (χ4n) is 4.41. The van der Waals surface area contributed by atoms with E-state index in [0.29, 0.717) is 12.0 Å². The lowest BCUT2D eigenvalue weighted by atomic mass is 9.79. The van der Waals surface area contributed by atoms with Crippen molar-refractivity contribution in [1.29, 1.82) is 5.41 Å². The van der Waals surface area contributed by atoms with Crippen LogP contribution in [0.2, 0.25) is 0 Å². The standard InChI is InChI=1S/C26H34N4O4/c1-4-19(26-29-20(15-34-26)23(31)18-13-9-6-10-14-18)21(27)24(32)22(17-11-7-5-8-12-17)30-25(33)16(2)28-3/h6,9-10,13-17,19,22,27-28H,4-5,7-8,11-12H2,1-3H3,(H,30,33)/t16-,19-,22-/m0/s1. The highest BCUT2D eigenvalue weighted by Crippen LogP contribution is 2.29. The number of carbonyl (C=O) groups is 3. The van der Waals surface area contributed by atoms with Gasteiger partial charge >= 0.3 is 0 Å². The van der Waals surface area contributed by atoms with Gasteiger partial charge in [-0.3, -0.25) is 14.4 Å². The summed E-state index contributed by atoms with van der Waals surface area (Å²) < 4.78 is 5.57. The minimum absolute atomic E-state index is 0.00751. The zero-order valence-electron chi connectivity index (χ0n) is 20.1. The van der Waals surface area contributed by atoms with Gasteiger partial charge in [0.15, 0.2) is 5.78 Å². The summed E-state index contributed by atoms with van der Waals surface area (Å²) >= 11 is 0. The molecule has 1 saturated carbocycles. The molecule has 34 heavy (non-hydrogen) atoms. The van der Waals surface area contributed by atoms with Gasteiger partial charge in [0, 0.05) is 5.56 Å². The maximum atomic E-state index is 13.5. The number of ketones is 2. The number of carbonyl (C=O) groups excluding carboxylic acids is 3. The maximum Gasteiger partial charge on any atom is 0.237 e. The molecule has 1 aliphatic rings. The van der Waals surface area contributed by atoms with E-state index in [4.69, 9.17) is 9.83 Å². The van der Waals surface area contributed by atoms with Crippen molar-refractivity contribution < 1.29 is 18.8 Å². The van der Waals surface area contributed by atoms with Crippen LogP contribution in [0.1, 0.15) is 80.2 Å². The number of oxazole rings is 1. The molecule has 0 aliphatic heterocycles. The van der Waals surface area contributed by atoms with Gasteiger partial charge in [-0.15, -0.1) is 0 Å². The Morgan fingerprint density at radius 1 is 1.15 bits per heavy atom. The highest BCUT2D eigenvalue weighted by atomic mass is 16.3. The second-order valence-electron chi connectivity index (χ2n) is 8.90. The minimum Gasteiger partial charge on any atom is -0.447 e. The number of aromatic nitrogens is 1. The SMILES string of the molecule is CC[C@@H](C(=N)C(=O)[C@@H](NC(=O)[C@H](C)NC)C1CCCCC1)c1nc(C(=O)c2ccccc2)co1. The summed E-state index contributed by atoms with van der Waals surface area (Å²) in [4.78, 5) is 43.2. The van der Waals surface area contributed by atoms with Crippen molar-refractivity contribution in [3.63, 3.8) is 0 Å². The molecule has 3 atom stereocenters. The number of nitrogens with one attached hydrogen (secondary N) is 3. The minimum atomic E-state index is -0.759. The van der Waals surface area contributed by atoms with Gasteiger partial charge in [-0.25, -0.2) is 4.98 Å². The van der Waals surface area contributed by atoms with Crippen molar-refractivity contribution >= 4 is 23.2 Å². The number of hydrogen-bond donors (Lipinski definition) is 3. The van der Waals surface area contributed by atoms with Gasteiger partial charge in [0.1, 0.15) is 12.0 Å². The summed E-state index contributed by atoms with van der Waals surface area (Å²) in [6, 6.07) is 7.55. The van der Waals surface area contributed by atoms with E-state index in [0.717, 1.165) is 32.1 Å². The first-order valence-corrected chi connectivity index (χ1v) is 12.0. The summed E-state index contributed by atoms with van der Waals surface area (Å²) in [7, 11) is 1.69. The number of benzene rings is 1. The highest BCUT2D eigenvalue weighted by molar-refractivity contribution is 6.42. The molecule has 1 fully saturated rings. The molecule has 2 aromatic rings. The van der Waals surface area contributed by atoms with Crippen LogP contribution in [0, 0.1) is 11.3 Å². The molecule has 0 saturated heterocycles. The van der Waals surface area contributed by atoms with E-state index in [-0.39, 0.29) is 34.9 Å². The quantitative estimate of drug-likeness (QED) is 0.343. The molecule has 3 rings (SSSR count). The van der Waals surface area contributed by atoms with Crippen molar-refractivity contribution in [3.05, 3.63) is 53.7 Å². The summed E-state index contributed by atoms with van der Waals surface area (Å²) in [5.74, 6) is -1.50. The molecule has 3 N–H and O–H groups in total.